The van der Waals surface area contributed by atoms with Crippen LogP contribution in [0.15, 0.2) is 52.9 Å². The Labute approximate surface area is 117 Å². The summed E-state index contributed by atoms with van der Waals surface area (Å²) in [5, 5.41) is 11.1. The van der Waals surface area contributed by atoms with Crippen LogP contribution in [-0.4, -0.2) is 31.0 Å². The van der Waals surface area contributed by atoms with Crippen LogP contribution in [0.1, 0.15) is 10.6 Å². The molecule has 2 heterocycles. The summed E-state index contributed by atoms with van der Waals surface area (Å²) in [6.07, 6.45) is 4.75. The van der Waals surface area contributed by atoms with Crippen molar-refractivity contribution < 1.29 is 9.90 Å². The third-order valence-corrected chi connectivity index (χ3v) is 3.42. The van der Waals surface area contributed by atoms with Gasteiger partial charge < -0.3 is 5.11 Å². The molecule has 1 N–H and O–H groups in total. The number of aromatic nitrogens is 4. The first-order valence-electron chi connectivity index (χ1n) is 5.68. The molecule has 3 rings (SSSR count). The summed E-state index contributed by atoms with van der Waals surface area (Å²) >= 11 is 1.26. The predicted molar refractivity (Wildman–Crippen MR) is 72.7 cm³/mol. The zero-order valence-corrected chi connectivity index (χ0v) is 10.9. The number of para-hydroxylation sites is 1. The maximum atomic E-state index is 11.1. The van der Waals surface area contributed by atoms with Crippen LogP contribution in [-0.2, 0) is 0 Å². The van der Waals surface area contributed by atoms with Crippen LogP contribution < -0.4 is 0 Å². The van der Waals surface area contributed by atoms with Crippen LogP contribution >= 0.6 is 11.8 Å². The molecule has 0 amide bonds. The van der Waals surface area contributed by atoms with Crippen molar-refractivity contribution in [3.8, 4) is 0 Å². The van der Waals surface area contributed by atoms with Gasteiger partial charge in [0.05, 0.1) is 11.7 Å². The molecule has 3 aromatic rings. The number of hydrogen-bond donors (Lipinski definition) is 1. The van der Waals surface area contributed by atoms with E-state index in [0.29, 0.717) is 15.6 Å². The largest absolute Gasteiger partial charge is 0.475 e. The Morgan fingerprint density at radius 3 is 2.75 bits per heavy atom. The molecule has 2 aromatic heterocycles. The number of carbonyl (C=O) groups is 1. The third-order valence-electron chi connectivity index (χ3n) is 2.50. The van der Waals surface area contributed by atoms with E-state index in [0.717, 1.165) is 5.39 Å². The molecule has 0 spiro atoms. The van der Waals surface area contributed by atoms with Gasteiger partial charge in [0.15, 0.2) is 0 Å². The lowest BCUT2D eigenvalue weighted by Gasteiger charge is -2.05. The third kappa shape index (κ3) is 2.43. The Balaban J connectivity index is 2.15. The number of nitrogens with zero attached hydrogens (tertiary/aromatic N) is 4. The summed E-state index contributed by atoms with van der Waals surface area (Å²) in [5.41, 5.74) is 0.589. The van der Waals surface area contributed by atoms with E-state index in [2.05, 4.69) is 19.9 Å². The van der Waals surface area contributed by atoms with E-state index in [1.807, 2.05) is 12.1 Å². The maximum absolute atomic E-state index is 11.1. The second-order valence-electron chi connectivity index (χ2n) is 3.82. The minimum absolute atomic E-state index is 0.227. The fraction of sp³-hybridized carbons (Fsp3) is 0. The average molecular weight is 284 g/mol. The smallest absolute Gasteiger partial charge is 0.373 e. The highest BCUT2D eigenvalue weighted by molar-refractivity contribution is 7.99. The molecule has 6 nitrogen and oxygen atoms in total. The van der Waals surface area contributed by atoms with Crippen molar-refractivity contribution in [2.24, 2.45) is 0 Å². The van der Waals surface area contributed by atoms with E-state index in [4.69, 9.17) is 5.11 Å². The zero-order chi connectivity index (χ0) is 13.9. The molecule has 98 valence electrons. The molecule has 0 saturated heterocycles. The van der Waals surface area contributed by atoms with E-state index in [1.54, 1.807) is 30.7 Å². The molecule has 0 fully saturated rings. The molecule has 0 aliphatic carbocycles. The lowest BCUT2D eigenvalue weighted by atomic mass is 10.2. The first kappa shape index (κ1) is 12.5. The fourth-order valence-corrected chi connectivity index (χ4v) is 2.50. The molecule has 0 aliphatic heterocycles. The molecule has 0 unspecified atom stereocenters. The number of rotatable bonds is 3. The highest BCUT2D eigenvalue weighted by Gasteiger charge is 2.13. The van der Waals surface area contributed by atoms with Gasteiger partial charge in [-0.25, -0.2) is 19.7 Å². The SMILES string of the molecule is O=C(O)c1nc(Sc2cnccn2)c2ccccc2n1. The van der Waals surface area contributed by atoms with Crippen molar-refractivity contribution >= 4 is 28.6 Å². The van der Waals surface area contributed by atoms with Gasteiger partial charge in [0.2, 0.25) is 5.82 Å². The van der Waals surface area contributed by atoms with Gasteiger partial charge in [-0.1, -0.05) is 18.2 Å². The number of hydrogen-bond acceptors (Lipinski definition) is 6. The summed E-state index contributed by atoms with van der Waals surface area (Å²) in [4.78, 5) is 27.3. The van der Waals surface area contributed by atoms with Crippen LogP contribution in [0.25, 0.3) is 10.9 Å². The lowest BCUT2D eigenvalue weighted by molar-refractivity contribution is 0.0683. The van der Waals surface area contributed by atoms with Crippen molar-refractivity contribution in [2.45, 2.75) is 10.1 Å². The maximum Gasteiger partial charge on any atom is 0.373 e. The van der Waals surface area contributed by atoms with Crippen LogP contribution in [0.5, 0.6) is 0 Å². The molecule has 0 bridgehead atoms. The minimum atomic E-state index is -1.16. The summed E-state index contributed by atoms with van der Waals surface area (Å²) in [6, 6.07) is 7.26. The van der Waals surface area contributed by atoms with Crippen molar-refractivity contribution in [1.82, 2.24) is 19.9 Å². The van der Waals surface area contributed by atoms with Gasteiger partial charge in [0.1, 0.15) is 10.1 Å². The second-order valence-corrected chi connectivity index (χ2v) is 4.83. The molecule has 0 atom stereocenters. The Morgan fingerprint density at radius 1 is 1.15 bits per heavy atom. The molecule has 0 saturated carbocycles. The standard InChI is InChI=1S/C13H8N4O2S/c18-13(19)11-16-9-4-2-1-3-8(9)12(17-11)20-10-7-14-5-6-15-10/h1-7H,(H,18,19). The number of benzene rings is 1. The normalized spacial score (nSPS) is 10.6. The van der Waals surface area contributed by atoms with Gasteiger partial charge in [0.25, 0.3) is 0 Å². The quantitative estimate of drug-likeness (QED) is 0.738. The van der Waals surface area contributed by atoms with Gasteiger partial charge >= 0.3 is 5.97 Å². The van der Waals surface area contributed by atoms with E-state index < -0.39 is 5.97 Å². The van der Waals surface area contributed by atoms with Gasteiger partial charge in [0, 0.05) is 17.8 Å². The van der Waals surface area contributed by atoms with E-state index in [-0.39, 0.29) is 5.82 Å². The topological polar surface area (TPSA) is 88.9 Å². The highest BCUT2D eigenvalue weighted by atomic mass is 32.2. The molecule has 0 radical (unpaired) electrons. The van der Waals surface area contributed by atoms with Crippen LogP contribution in [0.3, 0.4) is 0 Å². The summed E-state index contributed by atoms with van der Waals surface area (Å²) in [7, 11) is 0. The van der Waals surface area contributed by atoms with Gasteiger partial charge in [-0.15, -0.1) is 0 Å². The van der Waals surface area contributed by atoms with E-state index in [1.165, 1.54) is 11.8 Å². The molecule has 0 aliphatic rings. The van der Waals surface area contributed by atoms with E-state index in [9.17, 15) is 4.79 Å². The first-order valence-corrected chi connectivity index (χ1v) is 6.49. The number of aromatic carboxylic acids is 1. The average Bonchev–Trinajstić information content (AvgIpc) is 2.48. The zero-order valence-electron chi connectivity index (χ0n) is 10.1. The van der Waals surface area contributed by atoms with Crippen molar-refractivity contribution in [1.29, 1.82) is 0 Å². The first-order chi connectivity index (χ1) is 9.74. The van der Waals surface area contributed by atoms with Crippen molar-refractivity contribution in [2.75, 3.05) is 0 Å². The minimum Gasteiger partial charge on any atom is -0.475 e. The van der Waals surface area contributed by atoms with Crippen molar-refractivity contribution in [3.05, 3.63) is 48.7 Å². The monoisotopic (exact) mass is 284 g/mol. The molecule has 20 heavy (non-hydrogen) atoms. The Hall–Kier alpha value is -2.54. The van der Waals surface area contributed by atoms with Crippen LogP contribution in [0.4, 0.5) is 0 Å². The fourth-order valence-electron chi connectivity index (χ4n) is 1.66. The lowest BCUT2D eigenvalue weighted by Crippen LogP contribution is -2.05. The van der Waals surface area contributed by atoms with Crippen LogP contribution in [0, 0.1) is 0 Å². The second kappa shape index (κ2) is 5.22. The molecular weight excluding hydrogens is 276 g/mol. The number of carboxylic acid groups (broad SMARTS) is 1. The Bertz CT molecular complexity index is 780. The molecular formula is C13H8N4O2S. The van der Waals surface area contributed by atoms with Gasteiger partial charge in [-0.2, -0.15) is 0 Å². The van der Waals surface area contributed by atoms with Crippen molar-refractivity contribution in [3.63, 3.8) is 0 Å². The Kier molecular flexibility index (Phi) is 3.26. The molecule has 7 heteroatoms. The highest BCUT2D eigenvalue weighted by Crippen LogP contribution is 2.29. The summed E-state index contributed by atoms with van der Waals surface area (Å²) in [5.74, 6) is -1.38. The summed E-state index contributed by atoms with van der Waals surface area (Å²) in [6.45, 7) is 0. The number of carboxylic acids is 1. The van der Waals surface area contributed by atoms with Crippen LogP contribution in [0.2, 0.25) is 0 Å². The van der Waals surface area contributed by atoms with Gasteiger partial charge in [-0.3, -0.25) is 4.98 Å². The predicted octanol–water partition coefficient (Wildman–Crippen LogP) is 2.27. The van der Waals surface area contributed by atoms with Gasteiger partial charge in [-0.05, 0) is 17.8 Å². The summed E-state index contributed by atoms with van der Waals surface area (Å²) < 4.78 is 0. The van der Waals surface area contributed by atoms with E-state index >= 15 is 0 Å². The number of fused-ring (bicyclic) bond motifs is 1. The molecule has 1 aromatic carbocycles. The Morgan fingerprint density at radius 2 is 2.00 bits per heavy atom.